The Bertz CT molecular complexity index is 2170. The fourth-order valence-corrected chi connectivity index (χ4v) is 6.59. The molecule has 0 aliphatic rings. The minimum absolute atomic E-state index is 0.0345. The second kappa shape index (κ2) is 15.7. The lowest BCUT2D eigenvalue weighted by Crippen LogP contribution is -2.30. The van der Waals surface area contributed by atoms with E-state index in [4.69, 9.17) is 23.2 Å². The molecule has 1 atom stereocenters. The molecule has 6 aromatic carbocycles. The highest BCUT2D eigenvalue weighted by Crippen LogP contribution is 2.38. The number of halogens is 2. The predicted octanol–water partition coefficient (Wildman–Crippen LogP) is 10.0. The second-order valence-corrected chi connectivity index (χ2v) is 12.9. The number of hydrogen-bond donors (Lipinski definition) is 3. The molecule has 0 bridgehead atoms. The maximum absolute atomic E-state index is 13.9. The summed E-state index contributed by atoms with van der Waals surface area (Å²) in [6, 6.07) is 44.0. The first-order valence-electron chi connectivity index (χ1n) is 15.3. The van der Waals surface area contributed by atoms with Gasteiger partial charge in [0, 0.05) is 27.2 Å². The molecule has 0 aliphatic heterocycles. The quantitative estimate of drug-likeness (QED) is 0.0980. The molecule has 0 saturated carbocycles. The van der Waals surface area contributed by atoms with E-state index in [1.807, 2.05) is 78.9 Å². The number of anilines is 2. The summed E-state index contributed by atoms with van der Waals surface area (Å²) in [5.74, 6) is -1.22. The van der Waals surface area contributed by atoms with Gasteiger partial charge in [0.25, 0.3) is 11.8 Å². The van der Waals surface area contributed by atoms with Gasteiger partial charge >= 0.3 is 0 Å². The van der Waals surface area contributed by atoms with Gasteiger partial charge in [0.15, 0.2) is 0 Å². The van der Waals surface area contributed by atoms with Crippen LogP contribution in [0.15, 0.2) is 156 Å². The van der Waals surface area contributed by atoms with E-state index in [1.165, 1.54) is 17.8 Å². The molecule has 1 unspecified atom stereocenters. The summed E-state index contributed by atoms with van der Waals surface area (Å²) < 4.78 is 0. The summed E-state index contributed by atoms with van der Waals surface area (Å²) in [5.41, 5.74) is 2.82. The van der Waals surface area contributed by atoms with Crippen LogP contribution in [-0.2, 0) is 9.59 Å². The van der Waals surface area contributed by atoms with Crippen molar-refractivity contribution in [2.24, 2.45) is 0 Å². The molecular weight excluding hydrogens is 673 g/mol. The monoisotopic (exact) mass is 701 g/mol. The molecule has 6 aromatic rings. The van der Waals surface area contributed by atoms with Gasteiger partial charge in [-0.15, -0.1) is 11.8 Å². The molecule has 0 fully saturated rings. The molecule has 0 aromatic heterocycles. The Morgan fingerprint density at radius 2 is 1.35 bits per heavy atom. The standard InChI is InChI=1S/C40H29Cl2N3O3S/c41-33-22-9-18-29(36(33)42)24-35(45-38(46)28-15-5-2-6-16-28)39(47)43-30-19-11-20-31(25-30)49-37(27-13-3-1-4-14-27)40(48)44-34-23-10-17-26-12-7-8-21-32(26)34/h1-25,37H,(H,43,47)(H,44,48)(H,45,46)/b35-24+. The van der Waals surface area contributed by atoms with Crippen molar-refractivity contribution < 1.29 is 14.4 Å². The summed E-state index contributed by atoms with van der Waals surface area (Å²) in [5, 5.41) is 10.7. The maximum atomic E-state index is 13.9. The van der Waals surface area contributed by atoms with Crippen LogP contribution in [0.2, 0.25) is 10.0 Å². The van der Waals surface area contributed by atoms with E-state index in [9.17, 15) is 14.4 Å². The molecule has 3 N–H and O–H groups in total. The molecule has 242 valence electrons. The number of nitrogens with one attached hydrogen (secondary N) is 3. The zero-order chi connectivity index (χ0) is 34.2. The van der Waals surface area contributed by atoms with Crippen LogP contribution in [0.5, 0.6) is 0 Å². The van der Waals surface area contributed by atoms with Gasteiger partial charge in [-0.1, -0.05) is 126 Å². The number of rotatable bonds is 10. The Hall–Kier alpha value is -5.34. The fourth-order valence-electron chi connectivity index (χ4n) is 5.14. The summed E-state index contributed by atoms with van der Waals surface area (Å²) in [6.45, 7) is 0. The predicted molar refractivity (Wildman–Crippen MR) is 201 cm³/mol. The Morgan fingerprint density at radius 3 is 2.14 bits per heavy atom. The average molecular weight is 703 g/mol. The van der Waals surface area contributed by atoms with E-state index in [0.29, 0.717) is 21.8 Å². The van der Waals surface area contributed by atoms with Crippen LogP contribution in [0.1, 0.15) is 26.7 Å². The topological polar surface area (TPSA) is 87.3 Å². The van der Waals surface area contributed by atoms with Crippen LogP contribution in [0.4, 0.5) is 11.4 Å². The number of carbonyl (C=O) groups excluding carboxylic acids is 3. The zero-order valence-corrected chi connectivity index (χ0v) is 28.2. The van der Waals surface area contributed by atoms with E-state index in [0.717, 1.165) is 26.9 Å². The van der Waals surface area contributed by atoms with Gasteiger partial charge in [-0.05, 0) is 65.1 Å². The Kier molecular flexibility index (Phi) is 10.8. The average Bonchev–Trinajstić information content (AvgIpc) is 3.13. The van der Waals surface area contributed by atoms with Crippen molar-refractivity contribution in [1.82, 2.24) is 5.32 Å². The molecule has 49 heavy (non-hydrogen) atoms. The lowest BCUT2D eigenvalue weighted by Gasteiger charge is -2.18. The third-order valence-corrected chi connectivity index (χ3v) is 9.63. The molecule has 0 radical (unpaired) electrons. The highest BCUT2D eigenvalue weighted by Gasteiger charge is 2.23. The van der Waals surface area contributed by atoms with Crippen molar-refractivity contribution in [3.8, 4) is 0 Å². The van der Waals surface area contributed by atoms with Gasteiger partial charge in [0.2, 0.25) is 5.91 Å². The largest absolute Gasteiger partial charge is 0.324 e. The van der Waals surface area contributed by atoms with Crippen LogP contribution >= 0.6 is 35.0 Å². The first-order chi connectivity index (χ1) is 23.9. The first kappa shape index (κ1) is 33.6. The van der Waals surface area contributed by atoms with Crippen molar-refractivity contribution in [1.29, 1.82) is 0 Å². The number of benzene rings is 6. The minimum atomic E-state index is -0.600. The molecule has 0 aliphatic carbocycles. The van der Waals surface area contributed by atoms with Gasteiger partial charge in [-0.3, -0.25) is 14.4 Å². The molecule has 9 heteroatoms. The van der Waals surface area contributed by atoms with Crippen molar-refractivity contribution in [3.63, 3.8) is 0 Å². The lowest BCUT2D eigenvalue weighted by molar-refractivity contribution is -0.116. The van der Waals surface area contributed by atoms with Crippen LogP contribution in [0, 0.1) is 0 Å². The number of fused-ring (bicyclic) bond motifs is 1. The number of amides is 3. The van der Waals surface area contributed by atoms with Crippen LogP contribution in [0.25, 0.3) is 16.8 Å². The fraction of sp³-hybridized carbons (Fsp3) is 0.0250. The van der Waals surface area contributed by atoms with Crippen molar-refractivity contribution in [2.45, 2.75) is 10.1 Å². The summed E-state index contributed by atoms with van der Waals surface area (Å²) >= 11 is 14.0. The molecule has 3 amide bonds. The molecular formula is C40H29Cl2N3O3S. The highest BCUT2D eigenvalue weighted by molar-refractivity contribution is 8.00. The summed E-state index contributed by atoms with van der Waals surface area (Å²) in [6.07, 6.45) is 1.48. The smallest absolute Gasteiger partial charge is 0.272 e. The molecule has 0 spiro atoms. The normalized spacial score (nSPS) is 11.8. The van der Waals surface area contributed by atoms with Crippen LogP contribution in [0.3, 0.4) is 0 Å². The van der Waals surface area contributed by atoms with E-state index in [-0.39, 0.29) is 16.6 Å². The van der Waals surface area contributed by atoms with E-state index in [1.54, 1.807) is 66.7 Å². The second-order valence-electron chi connectivity index (χ2n) is 10.9. The van der Waals surface area contributed by atoms with Gasteiger partial charge in [0.05, 0.1) is 10.0 Å². The summed E-state index contributed by atoms with van der Waals surface area (Å²) in [7, 11) is 0. The van der Waals surface area contributed by atoms with Gasteiger partial charge in [0.1, 0.15) is 10.9 Å². The van der Waals surface area contributed by atoms with E-state index >= 15 is 0 Å². The third-order valence-electron chi connectivity index (χ3n) is 7.54. The van der Waals surface area contributed by atoms with Crippen molar-refractivity contribution >= 4 is 80.9 Å². The minimum Gasteiger partial charge on any atom is -0.324 e. The van der Waals surface area contributed by atoms with Gasteiger partial charge < -0.3 is 16.0 Å². The number of hydrogen-bond acceptors (Lipinski definition) is 4. The first-order valence-corrected chi connectivity index (χ1v) is 16.9. The van der Waals surface area contributed by atoms with Gasteiger partial charge in [-0.25, -0.2) is 0 Å². The SMILES string of the molecule is O=C(Nc1cccc(SC(C(=O)Nc2cccc3ccccc23)c2ccccc2)c1)/C(=C\c1cccc(Cl)c1Cl)NC(=O)c1ccccc1. The third kappa shape index (κ3) is 8.39. The maximum Gasteiger partial charge on any atom is 0.272 e. The summed E-state index contributed by atoms with van der Waals surface area (Å²) in [4.78, 5) is 41.4. The number of carbonyl (C=O) groups is 3. The number of thioether (sulfide) groups is 1. The van der Waals surface area contributed by atoms with Crippen LogP contribution < -0.4 is 16.0 Å². The van der Waals surface area contributed by atoms with E-state index in [2.05, 4.69) is 16.0 Å². The van der Waals surface area contributed by atoms with Gasteiger partial charge in [-0.2, -0.15) is 0 Å². The van der Waals surface area contributed by atoms with Crippen molar-refractivity contribution in [2.75, 3.05) is 10.6 Å². The molecule has 6 rings (SSSR count). The zero-order valence-electron chi connectivity index (χ0n) is 25.9. The Labute approximate surface area is 298 Å². The van der Waals surface area contributed by atoms with E-state index < -0.39 is 17.1 Å². The Morgan fingerprint density at radius 1 is 0.673 bits per heavy atom. The lowest BCUT2D eigenvalue weighted by atomic mass is 10.1. The van der Waals surface area contributed by atoms with Crippen LogP contribution in [-0.4, -0.2) is 17.7 Å². The molecule has 6 nitrogen and oxygen atoms in total. The Balaban J connectivity index is 1.26. The van der Waals surface area contributed by atoms with Crippen molar-refractivity contribution in [3.05, 3.63) is 178 Å². The molecule has 0 heterocycles. The highest BCUT2D eigenvalue weighted by atomic mass is 35.5. The molecule has 0 saturated heterocycles.